The molecule has 0 bridgehead atoms. The lowest BCUT2D eigenvalue weighted by atomic mass is 9.86. The zero-order chi connectivity index (χ0) is 11.7. The summed E-state index contributed by atoms with van der Waals surface area (Å²) >= 11 is 0. The van der Waals surface area contributed by atoms with Crippen molar-refractivity contribution in [2.75, 3.05) is 13.1 Å². The Balaban J connectivity index is 1.82. The van der Waals surface area contributed by atoms with Gasteiger partial charge in [0.05, 0.1) is 0 Å². The number of aryl methyl sites for hydroxylation is 2. The molecular formula is C15H22N2. The van der Waals surface area contributed by atoms with Crippen LogP contribution in [0.25, 0.3) is 0 Å². The van der Waals surface area contributed by atoms with Gasteiger partial charge in [0.15, 0.2) is 0 Å². The zero-order valence-electron chi connectivity index (χ0n) is 10.4. The average Bonchev–Trinajstić information content (AvgIpc) is 2.91. The van der Waals surface area contributed by atoms with Gasteiger partial charge in [0, 0.05) is 6.04 Å². The molecule has 0 radical (unpaired) electrons. The van der Waals surface area contributed by atoms with Crippen molar-refractivity contribution in [1.82, 2.24) is 5.32 Å². The molecule has 2 heteroatoms. The first-order chi connectivity index (χ1) is 8.34. The van der Waals surface area contributed by atoms with Crippen molar-refractivity contribution in [2.24, 2.45) is 11.7 Å². The Morgan fingerprint density at radius 2 is 2.00 bits per heavy atom. The van der Waals surface area contributed by atoms with E-state index < -0.39 is 0 Å². The fraction of sp³-hybridized carbons (Fsp3) is 0.600. The summed E-state index contributed by atoms with van der Waals surface area (Å²) in [7, 11) is 0. The van der Waals surface area contributed by atoms with Gasteiger partial charge >= 0.3 is 0 Å². The van der Waals surface area contributed by atoms with Gasteiger partial charge in [-0.3, -0.25) is 0 Å². The van der Waals surface area contributed by atoms with Gasteiger partial charge in [-0.2, -0.15) is 0 Å². The van der Waals surface area contributed by atoms with Crippen LogP contribution in [0.4, 0.5) is 0 Å². The van der Waals surface area contributed by atoms with E-state index in [2.05, 4.69) is 23.5 Å². The van der Waals surface area contributed by atoms with Crippen LogP contribution in [0.5, 0.6) is 0 Å². The monoisotopic (exact) mass is 230 g/mol. The second kappa shape index (κ2) is 4.79. The molecule has 1 aromatic carbocycles. The summed E-state index contributed by atoms with van der Waals surface area (Å²) in [6.45, 7) is 2.21. The number of benzene rings is 1. The molecule has 92 valence electrons. The summed E-state index contributed by atoms with van der Waals surface area (Å²) < 4.78 is 0. The van der Waals surface area contributed by atoms with Crippen LogP contribution in [0.15, 0.2) is 18.2 Å². The van der Waals surface area contributed by atoms with Crippen LogP contribution in [0.2, 0.25) is 0 Å². The van der Waals surface area contributed by atoms with Crippen LogP contribution < -0.4 is 11.1 Å². The third kappa shape index (κ3) is 2.24. The molecule has 2 nitrogen and oxygen atoms in total. The van der Waals surface area contributed by atoms with E-state index in [1.807, 2.05) is 0 Å². The summed E-state index contributed by atoms with van der Waals surface area (Å²) in [6.07, 6.45) is 6.43. The second-order valence-corrected chi connectivity index (χ2v) is 5.51. The highest BCUT2D eigenvalue weighted by atomic mass is 14.9. The molecule has 3 rings (SSSR count). The van der Waals surface area contributed by atoms with Crippen molar-refractivity contribution in [3.8, 4) is 0 Å². The van der Waals surface area contributed by atoms with Gasteiger partial charge in [-0.1, -0.05) is 18.2 Å². The summed E-state index contributed by atoms with van der Waals surface area (Å²) in [5.41, 5.74) is 10.8. The number of fused-ring (bicyclic) bond motifs is 1. The second-order valence-electron chi connectivity index (χ2n) is 5.51. The van der Waals surface area contributed by atoms with Crippen molar-refractivity contribution >= 4 is 0 Å². The minimum absolute atomic E-state index is 0.220. The van der Waals surface area contributed by atoms with Crippen molar-refractivity contribution in [3.05, 3.63) is 34.9 Å². The fourth-order valence-electron chi connectivity index (χ4n) is 3.22. The molecule has 0 aromatic heterocycles. The van der Waals surface area contributed by atoms with Crippen molar-refractivity contribution in [2.45, 2.75) is 38.1 Å². The third-order valence-corrected chi connectivity index (χ3v) is 4.36. The Hall–Kier alpha value is -0.860. The Kier molecular flexibility index (Phi) is 3.17. The molecule has 1 aliphatic carbocycles. The fourth-order valence-corrected chi connectivity index (χ4v) is 3.22. The number of nitrogens with two attached hydrogens (primary N) is 1. The quantitative estimate of drug-likeness (QED) is 0.817. The lowest BCUT2D eigenvalue weighted by Gasteiger charge is -2.22. The standard InChI is InChI=1S/C15H22N2/c16-15(14-7-8-17-10-14)13-6-5-11-3-1-2-4-12(11)9-13/h5-6,9,14-15,17H,1-4,7-8,10,16H2. The van der Waals surface area contributed by atoms with Crippen LogP contribution in [0.1, 0.15) is 42.0 Å². The van der Waals surface area contributed by atoms with E-state index in [9.17, 15) is 0 Å². The van der Waals surface area contributed by atoms with E-state index >= 15 is 0 Å². The minimum atomic E-state index is 0.220. The number of hydrogen-bond donors (Lipinski definition) is 2. The molecule has 0 amide bonds. The molecular weight excluding hydrogens is 208 g/mol. The maximum absolute atomic E-state index is 6.39. The lowest BCUT2D eigenvalue weighted by Crippen LogP contribution is -2.23. The summed E-state index contributed by atoms with van der Waals surface area (Å²) in [4.78, 5) is 0. The maximum Gasteiger partial charge on any atom is 0.0336 e. The molecule has 1 aliphatic heterocycles. The molecule has 0 saturated carbocycles. The van der Waals surface area contributed by atoms with E-state index in [0.29, 0.717) is 5.92 Å². The maximum atomic E-state index is 6.39. The molecule has 17 heavy (non-hydrogen) atoms. The largest absolute Gasteiger partial charge is 0.324 e. The Labute approximate surface area is 104 Å². The normalized spacial score (nSPS) is 25.6. The molecule has 1 fully saturated rings. The third-order valence-electron chi connectivity index (χ3n) is 4.36. The van der Waals surface area contributed by atoms with Crippen LogP contribution in [0, 0.1) is 5.92 Å². The van der Waals surface area contributed by atoms with E-state index in [1.165, 1.54) is 37.7 Å². The van der Waals surface area contributed by atoms with Crippen molar-refractivity contribution in [3.63, 3.8) is 0 Å². The summed E-state index contributed by atoms with van der Waals surface area (Å²) in [5.74, 6) is 0.622. The zero-order valence-corrected chi connectivity index (χ0v) is 10.4. The molecule has 2 unspecified atom stereocenters. The first kappa shape index (κ1) is 11.2. The molecule has 1 aromatic rings. The molecule has 2 atom stereocenters. The molecule has 3 N–H and O–H groups in total. The lowest BCUT2D eigenvalue weighted by molar-refractivity contribution is 0.469. The van der Waals surface area contributed by atoms with Crippen LogP contribution in [-0.4, -0.2) is 13.1 Å². The predicted octanol–water partition coefficient (Wildman–Crippen LogP) is 2.17. The van der Waals surface area contributed by atoms with Crippen LogP contribution >= 0.6 is 0 Å². The molecule has 2 aliphatic rings. The highest BCUT2D eigenvalue weighted by molar-refractivity contribution is 5.35. The van der Waals surface area contributed by atoms with E-state index in [1.54, 1.807) is 11.1 Å². The summed E-state index contributed by atoms with van der Waals surface area (Å²) in [5, 5.41) is 3.41. The molecule has 1 heterocycles. The predicted molar refractivity (Wildman–Crippen MR) is 71.0 cm³/mol. The minimum Gasteiger partial charge on any atom is -0.324 e. The first-order valence-electron chi connectivity index (χ1n) is 6.92. The number of rotatable bonds is 2. The van der Waals surface area contributed by atoms with Gasteiger partial charge in [-0.05, 0) is 67.8 Å². The topological polar surface area (TPSA) is 38.0 Å². The Morgan fingerprint density at radius 1 is 1.18 bits per heavy atom. The summed E-state index contributed by atoms with van der Waals surface area (Å²) in [6, 6.07) is 7.16. The van der Waals surface area contributed by atoms with Crippen molar-refractivity contribution < 1.29 is 0 Å². The number of hydrogen-bond acceptors (Lipinski definition) is 2. The molecule has 1 saturated heterocycles. The smallest absolute Gasteiger partial charge is 0.0336 e. The number of nitrogens with one attached hydrogen (secondary N) is 1. The van der Waals surface area contributed by atoms with E-state index in [0.717, 1.165) is 13.1 Å². The SMILES string of the molecule is NC(c1ccc2c(c1)CCCC2)C1CCNC1. The van der Waals surface area contributed by atoms with Gasteiger partial charge < -0.3 is 11.1 Å². The van der Waals surface area contributed by atoms with E-state index in [4.69, 9.17) is 5.73 Å². The van der Waals surface area contributed by atoms with Gasteiger partial charge in [-0.15, -0.1) is 0 Å². The Morgan fingerprint density at radius 3 is 2.76 bits per heavy atom. The Bertz CT molecular complexity index is 394. The molecule has 0 spiro atoms. The highest BCUT2D eigenvalue weighted by Gasteiger charge is 2.23. The van der Waals surface area contributed by atoms with Crippen LogP contribution in [0.3, 0.4) is 0 Å². The van der Waals surface area contributed by atoms with Gasteiger partial charge in [0.1, 0.15) is 0 Å². The van der Waals surface area contributed by atoms with E-state index in [-0.39, 0.29) is 6.04 Å². The van der Waals surface area contributed by atoms with Gasteiger partial charge in [-0.25, -0.2) is 0 Å². The van der Waals surface area contributed by atoms with Crippen LogP contribution in [-0.2, 0) is 12.8 Å². The highest BCUT2D eigenvalue weighted by Crippen LogP contribution is 2.28. The first-order valence-corrected chi connectivity index (χ1v) is 6.92. The van der Waals surface area contributed by atoms with Crippen molar-refractivity contribution in [1.29, 1.82) is 0 Å². The average molecular weight is 230 g/mol. The van der Waals surface area contributed by atoms with Gasteiger partial charge in [0.2, 0.25) is 0 Å². The van der Waals surface area contributed by atoms with Gasteiger partial charge in [0.25, 0.3) is 0 Å².